The van der Waals surface area contributed by atoms with Gasteiger partial charge in [-0.3, -0.25) is 4.79 Å². The number of hydrogen-bond donors (Lipinski definition) is 2. The zero-order chi connectivity index (χ0) is 15.2. The van der Waals surface area contributed by atoms with Gasteiger partial charge in [0, 0.05) is 11.6 Å². The lowest BCUT2D eigenvalue weighted by Crippen LogP contribution is -2.13. The van der Waals surface area contributed by atoms with Gasteiger partial charge in [-0.25, -0.2) is 4.98 Å². The van der Waals surface area contributed by atoms with Crippen molar-refractivity contribution >= 4 is 17.4 Å². The molecule has 0 aliphatic rings. The van der Waals surface area contributed by atoms with Gasteiger partial charge in [0.1, 0.15) is 11.6 Å². The molecule has 0 radical (unpaired) electrons. The van der Waals surface area contributed by atoms with Gasteiger partial charge in [-0.15, -0.1) is 0 Å². The molecule has 1 aromatic heterocycles. The van der Waals surface area contributed by atoms with Crippen LogP contribution >= 0.6 is 0 Å². The van der Waals surface area contributed by atoms with Crippen LogP contribution in [-0.2, 0) is 0 Å². The third-order valence-electron chi connectivity index (χ3n) is 2.81. The summed E-state index contributed by atoms with van der Waals surface area (Å²) in [5.41, 5.74) is 1.48. The lowest BCUT2D eigenvalue weighted by molar-refractivity contribution is 0.102. The standard InChI is InChI=1S/C16H19N3O2/c1-11(2)18-13-6-9-15(17-10-13)19-16(20)12-4-7-14(21-3)8-5-12/h4-11,18H,1-3H3,(H,17,19,20). The van der Waals surface area contributed by atoms with Crippen LogP contribution in [0.15, 0.2) is 42.6 Å². The molecule has 0 fully saturated rings. The van der Waals surface area contributed by atoms with Crippen LogP contribution in [0.4, 0.5) is 11.5 Å². The van der Waals surface area contributed by atoms with E-state index in [0.29, 0.717) is 23.2 Å². The second kappa shape index (κ2) is 6.74. The van der Waals surface area contributed by atoms with E-state index >= 15 is 0 Å². The SMILES string of the molecule is COc1ccc(C(=O)Nc2ccc(NC(C)C)cn2)cc1. The highest BCUT2D eigenvalue weighted by atomic mass is 16.5. The molecule has 110 valence electrons. The van der Waals surface area contributed by atoms with Gasteiger partial charge in [0.15, 0.2) is 0 Å². The van der Waals surface area contributed by atoms with Gasteiger partial charge in [-0.2, -0.15) is 0 Å². The van der Waals surface area contributed by atoms with Gasteiger partial charge >= 0.3 is 0 Å². The van der Waals surface area contributed by atoms with E-state index in [-0.39, 0.29) is 5.91 Å². The quantitative estimate of drug-likeness (QED) is 0.885. The summed E-state index contributed by atoms with van der Waals surface area (Å²) < 4.78 is 5.06. The number of methoxy groups -OCH3 is 1. The Morgan fingerprint density at radius 3 is 2.38 bits per heavy atom. The first-order chi connectivity index (χ1) is 10.1. The number of rotatable bonds is 5. The van der Waals surface area contributed by atoms with Gasteiger partial charge in [-0.05, 0) is 50.2 Å². The molecular weight excluding hydrogens is 266 g/mol. The number of aromatic nitrogens is 1. The van der Waals surface area contributed by atoms with Crippen molar-refractivity contribution in [3.8, 4) is 5.75 Å². The number of ether oxygens (including phenoxy) is 1. The highest BCUT2D eigenvalue weighted by molar-refractivity contribution is 6.03. The number of nitrogens with one attached hydrogen (secondary N) is 2. The second-order valence-corrected chi connectivity index (χ2v) is 4.91. The van der Waals surface area contributed by atoms with Crippen LogP contribution in [0, 0.1) is 0 Å². The van der Waals surface area contributed by atoms with E-state index in [0.717, 1.165) is 5.69 Å². The number of carbonyl (C=O) groups excluding carboxylic acids is 1. The fourth-order valence-electron chi connectivity index (χ4n) is 1.82. The van der Waals surface area contributed by atoms with E-state index in [1.807, 2.05) is 6.07 Å². The summed E-state index contributed by atoms with van der Waals surface area (Å²) in [5, 5.41) is 6.00. The van der Waals surface area contributed by atoms with Gasteiger partial charge < -0.3 is 15.4 Å². The zero-order valence-electron chi connectivity index (χ0n) is 12.4. The number of carbonyl (C=O) groups is 1. The van der Waals surface area contributed by atoms with Gasteiger partial charge in [-0.1, -0.05) is 0 Å². The van der Waals surface area contributed by atoms with E-state index in [9.17, 15) is 4.79 Å². The lowest BCUT2D eigenvalue weighted by Gasteiger charge is -2.10. The van der Waals surface area contributed by atoms with Crippen molar-refractivity contribution in [2.45, 2.75) is 19.9 Å². The van der Waals surface area contributed by atoms with Gasteiger partial charge in [0.25, 0.3) is 5.91 Å². The number of pyridine rings is 1. The summed E-state index contributed by atoms with van der Waals surface area (Å²) >= 11 is 0. The Bertz CT molecular complexity index is 592. The molecule has 0 unspecified atom stereocenters. The maximum absolute atomic E-state index is 12.1. The fourth-order valence-corrected chi connectivity index (χ4v) is 1.82. The molecular formula is C16H19N3O2. The molecule has 0 aliphatic heterocycles. The van der Waals surface area contributed by atoms with E-state index in [1.54, 1.807) is 43.6 Å². The number of benzene rings is 1. The predicted molar refractivity (Wildman–Crippen MR) is 83.9 cm³/mol. The molecule has 1 aromatic carbocycles. The topological polar surface area (TPSA) is 63.2 Å². The Morgan fingerprint density at radius 1 is 1.14 bits per heavy atom. The average Bonchev–Trinajstić information content (AvgIpc) is 2.49. The van der Waals surface area contributed by atoms with Crippen molar-refractivity contribution < 1.29 is 9.53 Å². The first-order valence-corrected chi connectivity index (χ1v) is 6.76. The minimum atomic E-state index is -0.199. The Morgan fingerprint density at radius 2 is 1.86 bits per heavy atom. The fraction of sp³-hybridized carbons (Fsp3) is 0.250. The zero-order valence-corrected chi connectivity index (χ0v) is 12.4. The monoisotopic (exact) mass is 285 g/mol. The summed E-state index contributed by atoms with van der Waals surface area (Å²) in [7, 11) is 1.59. The molecule has 2 rings (SSSR count). The molecule has 0 saturated heterocycles. The van der Waals surface area contributed by atoms with E-state index in [4.69, 9.17) is 4.74 Å². The molecule has 0 aliphatic carbocycles. The third kappa shape index (κ3) is 4.21. The molecule has 1 amide bonds. The molecule has 2 aromatic rings. The second-order valence-electron chi connectivity index (χ2n) is 4.91. The van der Waals surface area contributed by atoms with Crippen LogP contribution in [0.5, 0.6) is 5.75 Å². The molecule has 0 bridgehead atoms. The van der Waals surface area contributed by atoms with Crippen molar-refractivity contribution in [2.75, 3.05) is 17.7 Å². The number of anilines is 2. The molecule has 0 saturated carbocycles. The maximum atomic E-state index is 12.1. The minimum absolute atomic E-state index is 0.199. The average molecular weight is 285 g/mol. The predicted octanol–water partition coefficient (Wildman–Crippen LogP) is 3.16. The first-order valence-electron chi connectivity index (χ1n) is 6.76. The molecule has 2 N–H and O–H groups in total. The summed E-state index contributed by atoms with van der Waals surface area (Å²) in [6, 6.07) is 10.9. The Kier molecular flexibility index (Phi) is 4.77. The molecule has 5 nitrogen and oxygen atoms in total. The van der Waals surface area contributed by atoms with Crippen molar-refractivity contribution in [3.05, 3.63) is 48.2 Å². The molecule has 21 heavy (non-hydrogen) atoms. The largest absolute Gasteiger partial charge is 0.497 e. The van der Waals surface area contributed by atoms with Crippen molar-refractivity contribution in [1.29, 1.82) is 0 Å². The molecule has 0 spiro atoms. The maximum Gasteiger partial charge on any atom is 0.256 e. The van der Waals surface area contributed by atoms with Crippen molar-refractivity contribution in [3.63, 3.8) is 0 Å². The first kappa shape index (κ1) is 14.8. The van der Waals surface area contributed by atoms with E-state index < -0.39 is 0 Å². The van der Waals surface area contributed by atoms with Crippen LogP contribution in [-0.4, -0.2) is 24.0 Å². The highest BCUT2D eigenvalue weighted by Gasteiger charge is 2.07. The van der Waals surface area contributed by atoms with Crippen LogP contribution in [0.3, 0.4) is 0 Å². The summed E-state index contributed by atoms with van der Waals surface area (Å²) in [5.74, 6) is 1.04. The summed E-state index contributed by atoms with van der Waals surface area (Å²) in [6.45, 7) is 4.11. The van der Waals surface area contributed by atoms with E-state index in [2.05, 4.69) is 29.5 Å². The van der Waals surface area contributed by atoms with Crippen LogP contribution < -0.4 is 15.4 Å². The Hall–Kier alpha value is -2.56. The molecule has 5 heteroatoms. The Balaban J connectivity index is 2.01. The van der Waals surface area contributed by atoms with Gasteiger partial charge in [0.05, 0.1) is 19.0 Å². The highest BCUT2D eigenvalue weighted by Crippen LogP contribution is 2.14. The normalized spacial score (nSPS) is 10.3. The Labute approximate surface area is 124 Å². The number of hydrogen-bond acceptors (Lipinski definition) is 4. The lowest BCUT2D eigenvalue weighted by atomic mass is 10.2. The van der Waals surface area contributed by atoms with Crippen LogP contribution in [0.25, 0.3) is 0 Å². The smallest absolute Gasteiger partial charge is 0.256 e. The van der Waals surface area contributed by atoms with Crippen LogP contribution in [0.2, 0.25) is 0 Å². The summed E-state index contributed by atoms with van der Waals surface area (Å²) in [4.78, 5) is 16.3. The van der Waals surface area contributed by atoms with Crippen LogP contribution in [0.1, 0.15) is 24.2 Å². The third-order valence-corrected chi connectivity index (χ3v) is 2.81. The minimum Gasteiger partial charge on any atom is -0.497 e. The van der Waals surface area contributed by atoms with Crippen molar-refractivity contribution in [2.24, 2.45) is 0 Å². The molecule has 0 atom stereocenters. The van der Waals surface area contributed by atoms with Crippen molar-refractivity contribution in [1.82, 2.24) is 4.98 Å². The van der Waals surface area contributed by atoms with E-state index in [1.165, 1.54) is 0 Å². The summed E-state index contributed by atoms with van der Waals surface area (Å²) in [6.07, 6.45) is 1.70. The molecule has 1 heterocycles. The van der Waals surface area contributed by atoms with Gasteiger partial charge in [0.2, 0.25) is 0 Å². The number of amides is 1. The number of nitrogens with zero attached hydrogens (tertiary/aromatic N) is 1.